The van der Waals surface area contributed by atoms with E-state index < -0.39 is 13.7 Å². The van der Waals surface area contributed by atoms with Crippen LogP contribution in [0.4, 0.5) is 0 Å². The van der Waals surface area contributed by atoms with E-state index in [1.807, 2.05) is 42.5 Å². The van der Waals surface area contributed by atoms with Crippen LogP contribution in [0.5, 0.6) is 0 Å². The van der Waals surface area contributed by atoms with Crippen LogP contribution in [0.25, 0.3) is 55.2 Å². The standard InChI is InChI=1S/C27H19N3O/c1-16-14-29-25(13-23(16)19-6-3-5-18-11-12-28-15-24(18)19)22-8-4-7-20-21-10-9-17(2)30-27(21)31-26(20)22/h3-15H,1-2H3/i1D3,2D3. The van der Waals surface area contributed by atoms with E-state index in [-0.39, 0.29) is 17.0 Å². The first-order valence-corrected chi connectivity index (χ1v) is 9.78. The summed E-state index contributed by atoms with van der Waals surface area (Å²) in [4.78, 5) is 13.0. The molecule has 4 nitrogen and oxygen atoms in total. The molecule has 0 spiro atoms. The molecule has 0 saturated carbocycles. The van der Waals surface area contributed by atoms with Gasteiger partial charge in [-0.1, -0.05) is 30.3 Å². The molecular formula is C27H19N3O. The summed E-state index contributed by atoms with van der Waals surface area (Å²) in [6.07, 6.45) is 4.81. The molecule has 4 heterocycles. The molecule has 4 heteroatoms. The number of pyridine rings is 3. The van der Waals surface area contributed by atoms with E-state index in [0.717, 1.165) is 21.7 Å². The maximum absolute atomic E-state index is 8.13. The molecule has 2 aromatic carbocycles. The molecule has 0 amide bonds. The van der Waals surface area contributed by atoms with Crippen molar-refractivity contribution < 1.29 is 12.6 Å². The second-order valence-corrected chi connectivity index (χ2v) is 7.35. The zero-order chi connectivity index (χ0) is 25.9. The highest BCUT2D eigenvalue weighted by Crippen LogP contribution is 2.37. The summed E-state index contributed by atoms with van der Waals surface area (Å²) in [6.45, 7) is -4.74. The summed E-state index contributed by atoms with van der Waals surface area (Å²) >= 11 is 0. The van der Waals surface area contributed by atoms with Gasteiger partial charge in [0.2, 0.25) is 5.71 Å². The minimum Gasteiger partial charge on any atom is -0.437 e. The van der Waals surface area contributed by atoms with Crippen LogP contribution >= 0.6 is 0 Å². The summed E-state index contributed by atoms with van der Waals surface area (Å²) in [6, 6.07) is 18.1. The summed E-state index contributed by atoms with van der Waals surface area (Å²) in [7, 11) is 0. The summed E-state index contributed by atoms with van der Waals surface area (Å²) in [5.41, 5.74) is 3.22. The van der Waals surface area contributed by atoms with Crippen LogP contribution in [-0.2, 0) is 0 Å². The van der Waals surface area contributed by atoms with Crippen LogP contribution < -0.4 is 0 Å². The van der Waals surface area contributed by atoms with Crippen molar-refractivity contribution in [1.29, 1.82) is 0 Å². The fourth-order valence-electron chi connectivity index (χ4n) is 4.05. The van der Waals surface area contributed by atoms with Crippen molar-refractivity contribution >= 4 is 32.8 Å². The number of furan rings is 1. The Bertz CT molecular complexity index is 1820. The fraction of sp³-hybridized carbons (Fsp3) is 0.0741. The second-order valence-electron chi connectivity index (χ2n) is 7.35. The minimum absolute atomic E-state index is 0.0485. The molecule has 0 N–H and O–H groups in total. The Morgan fingerprint density at radius 3 is 2.68 bits per heavy atom. The van der Waals surface area contributed by atoms with E-state index >= 15 is 0 Å². The Morgan fingerprint density at radius 1 is 0.806 bits per heavy atom. The molecule has 148 valence electrons. The van der Waals surface area contributed by atoms with E-state index in [1.165, 1.54) is 12.3 Å². The Balaban J connectivity index is 1.60. The van der Waals surface area contributed by atoms with Gasteiger partial charge < -0.3 is 4.42 Å². The number of nitrogens with zero attached hydrogens (tertiary/aromatic N) is 3. The molecule has 0 aliphatic carbocycles. The molecule has 0 atom stereocenters. The van der Waals surface area contributed by atoms with E-state index in [9.17, 15) is 0 Å². The smallest absolute Gasteiger partial charge is 0.227 e. The number of benzene rings is 2. The zero-order valence-corrected chi connectivity index (χ0v) is 16.3. The third-order valence-electron chi connectivity index (χ3n) is 5.52. The highest BCUT2D eigenvalue weighted by Gasteiger charge is 2.16. The number of aromatic nitrogens is 3. The third-order valence-corrected chi connectivity index (χ3v) is 5.52. The Labute approximate surface area is 187 Å². The maximum Gasteiger partial charge on any atom is 0.227 e. The predicted octanol–water partition coefficient (Wildman–Crippen LogP) is 6.88. The highest BCUT2D eigenvalue weighted by molar-refractivity contribution is 6.08. The van der Waals surface area contributed by atoms with Crippen molar-refractivity contribution in [2.45, 2.75) is 13.7 Å². The van der Waals surface area contributed by atoms with Crippen molar-refractivity contribution in [2.24, 2.45) is 0 Å². The topological polar surface area (TPSA) is 51.8 Å². The number of rotatable bonds is 2. The summed E-state index contributed by atoms with van der Waals surface area (Å²) in [5.74, 6) is 0. The van der Waals surface area contributed by atoms with Crippen LogP contribution in [0.3, 0.4) is 0 Å². The van der Waals surface area contributed by atoms with E-state index in [0.29, 0.717) is 27.8 Å². The molecule has 0 unspecified atom stereocenters. The van der Waals surface area contributed by atoms with Gasteiger partial charge in [0.05, 0.1) is 5.69 Å². The molecule has 6 aromatic rings. The first-order chi connectivity index (χ1) is 17.6. The van der Waals surface area contributed by atoms with Gasteiger partial charge in [0, 0.05) is 54.2 Å². The van der Waals surface area contributed by atoms with Crippen molar-refractivity contribution in [1.82, 2.24) is 15.0 Å². The number of para-hydroxylation sites is 1. The lowest BCUT2D eigenvalue weighted by molar-refractivity contribution is 0.653. The quantitative estimate of drug-likeness (QED) is 0.314. The highest BCUT2D eigenvalue weighted by atomic mass is 16.3. The number of fused-ring (bicyclic) bond motifs is 4. The average molecular weight is 408 g/mol. The Kier molecular flexibility index (Phi) is 2.74. The van der Waals surface area contributed by atoms with E-state index in [1.54, 1.807) is 24.5 Å². The van der Waals surface area contributed by atoms with E-state index in [2.05, 4.69) is 15.0 Å². The molecular weight excluding hydrogens is 382 g/mol. The summed E-state index contributed by atoms with van der Waals surface area (Å²) in [5, 5.41) is 3.22. The van der Waals surface area contributed by atoms with Crippen LogP contribution in [0.1, 0.15) is 19.5 Å². The Hall–Kier alpha value is -4.05. The molecule has 0 aliphatic heterocycles. The van der Waals surface area contributed by atoms with Crippen LogP contribution in [-0.4, -0.2) is 15.0 Å². The Morgan fingerprint density at radius 2 is 1.74 bits per heavy atom. The predicted molar refractivity (Wildman–Crippen MR) is 125 cm³/mol. The van der Waals surface area contributed by atoms with Crippen LogP contribution in [0, 0.1) is 13.7 Å². The molecule has 31 heavy (non-hydrogen) atoms. The first-order valence-electron chi connectivity index (χ1n) is 12.8. The summed E-state index contributed by atoms with van der Waals surface area (Å²) < 4.78 is 53.4. The van der Waals surface area contributed by atoms with Crippen molar-refractivity contribution in [2.75, 3.05) is 0 Å². The molecule has 6 rings (SSSR count). The number of aryl methyl sites for hydroxylation is 2. The van der Waals surface area contributed by atoms with Crippen molar-refractivity contribution in [3.05, 3.63) is 90.5 Å². The van der Waals surface area contributed by atoms with Gasteiger partial charge in [-0.2, -0.15) is 0 Å². The van der Waals surface area contributed by atoms with Gasteiger partial charge in [-0.15, -0.1) is 0 Å². The minimum atomic E-state index is -2.38. The zero-order valence-electron chi connectivity index (χ0n) is 22.3. The lowest BCUT2D eigenvalue weighted by Gasteiger charge is -2.11. The largest absolute Gasteiger partial charge is 0.437 e. The lowest BCUT2D eigenvalue weighted by atomic mass is 9.95. The SMILES string of the molecule is [2H]C([2H])([2H])c1ccc2c(n1)oc1c(-c3cc(-c4cccc5ccncc45)c(C([2H])([2H])[2H])cn3)cccc12. The van der Waals surface area contributed by atoms with Gasteiger partial charge in [-0.3, -0.25) is 9.97 Å². The van der Waals surface area contributed by atoms with Crippen LogP contribution in [0.2, 0.25) is 0 Å². The van der Waals surface area contributed by atoms with Gasteiger partial charge in [-0.25, -0.2) is 4.98 Å². The maximum atomic E-state index is 8.13. The fourth-order valence-corrected chi connectivity index (χ4v) is 4.05. The second kappa shape index (κ2) is 6.74. The molecule has 0 radical (unpaired) electrons. The van der Waals surface area contributed by atoms with Crippen molar-refractivity contribution in [3.8, 4) is 22.4 Å². The average Bonchev–Trinajstić information content (AvgIpc) is 3.25. The molecule has 4 aromatic heterocycles. The monoisotopic (exact) mass is 407 g/mol. The van der Waals surface area contributed by atoms with Gasteiger partial charge in [0.1, 0.15) is 5.58 Å². The van der Waals surface area contributed by atoms with Gasteiger partial charge in [-0.05, 0) is 66.1 Å². The number of hydrogen-bond donors (Lipinski definition) is 0. The lowest BCUT2D eigenvalue weighted by Crippen LogP contribution is -1.91. The van der Waals surface area contributed by atoms with Gasteiger partial charge >= 0.3 is 0 Å². The normalized spacial score (nSPS) is 15.2. The van der Waals surface area contributed by atoms with E-state index in [4.69, 9.17) is 12.6 Å². The first kappa shape index (κ1) is 12.6. The molecule has 0 fully saturated rings. The van der Waals surface area contributed by atoms with Crippen molar-refractivity contribution in [3.63, 3.8) is 0 Å². The molecule has 0 saturated heterocycles. The molecule has 0 aliphatic rings. The number of hydrogen-bond acceptors (Lipinski definition) is 4. The van der Waals surface area contributed by atoms with Crippen LogP contribution in [0.15, 0.2) is 83.7 Å². The molecule has 0 bridgehead atoms. The third kappa shape index (κ3) is 2.80. The van der Waals surface area contributed by atoms with Gasteiger partial charge in [0.25, 0.3) is 0 Å². The van der Waals surface area contributed by atoms with Gasteiger partial charge in [0.15, 0.2) is 0 Å².